The Morgan fingerprint density at radius 2 is 1.93 bits per heavy atom. The highest BCUT2D eigenvalue weighted by Crippen LogP contribution is 2.35. The van der Waals surface area contributed by atoms with Crippen molar-refractivity contribution < 1.29 is 34.5 Å². The molecule has 1 aliphatic heterocycles. The van der Waals surface area contributed by atoms with Crippen molar-refractivity contribution in [2.24, 2.45) is 0 Å². The van der Waals surface area contributed by atoms with Gasteiger partial charge in [0.25, 0.3) is 0 Å². The maximum Gasteiger partial charge on any atom is 0.325 e. The highest BCUT2D eigenvalue weighted by molar-refractivity contribution is 5.97. The Morgan fingerprint density at radius 1 is 1.17 bits per heavy atom. The van der Waals surface area contributed by atoms with Gasteiger partial charge in [0.05, 0.1) is 6.42 Å². The van der Waals surface area contributed by atoms with Crippen LogP contribution in [0.25, 0.3) is 10.9 Å². The number of rotatable bonds is 8. The number of fused-ring (bicyclic) bond motifs is 1. The van der Waals surface area contributed by atoms with Gasteiger partial charge in [0.1, 0.15) is 12.1 Å². The number of carboxylic acid groups (broad SMARTS) is 3. The van der Waals surface area contributed by atoms with Gasteiger partial charge in [0.2, 0.25) is 5.91 Å². The third kappa shape index (κ3) is 4.37. The first kappa shape index (κ1) is 20.3. The molecule has 1 aromatic heterocycles. The van der Waals surface area contributed by atoms with Crippen LogP contribution in [0, 0.1) is 0 Å². The summed E-state index contributed by atoms with van der Waals surface area (Å²) < 4.78 is 0. The SMILES string of the molecule is O=C(O)CCC(=O)Nc1ccc2[nH]cc(C(C(=O)O)N3CCC[C@@H]3C(=O)O)c2c1. The van der Waals surface area contributed by atoms with Crippen molar-refractivity contribution in [1.82, 2.24) is 9.88 Å². The summed E-state index contributed by atoms with van der Waals surface area (Å²) in [6.45, 7) is 0.353. The molecule has 1 amide bonds. The van der Waals surface area contributed by atoms with Crippen molar-refractivity contribution in [2.75, 3.05) is 11.9 Å². The second kappa shape index (κ2) is 8.31. The van der Waals surface area contributed by atoms with Gasteiger partial charge in [-0.3, -0.25) is 24.1 Å². The van der Waals surface area contributed by atoms with Gasteiger partial charge in [0.15, 0.2) is 0 Å². The molecule has 2 atom stereocenters. The fraction of sp³-hybridized carbons (Fsp3) is 0.368. The first-order valence-corrected chi connectivity index (χ1v) is 9.12. The number of carboxylic acids is 3. The van der Waals surface area contributed by atoms with Crippen LogP contribution in [-0.4, -0.2) is 61.6 Å². The summed E-state index contributed by atoms with van der Waals surface area (Å²) in [5, 5.41) is 31.1. The number of amides is 1. The lowest BCUT2D eigenvalue weighted by Gasteiger charge is -2.27. The van der Waals surface area contributed by atoms with Crippen molar-refractivity contribution in [3.63, 3.8) is 0 Å². The van der Waals surface area contributed by atoms with E-state index < -0.39 is 35.9 Å². The maximum absolute atomic E-state index is 12.0. The molecule has 29 heavy (non-hydrogen) atoms. The fourth-order valence-corrected chi connectivity index (χ4v) is 3.71. The first-order valence-electron chi connectivity index (χ1n) is 9.12. The van der Waals surface area contributed by atoms with Crippen molar-refractivity contribution in [3.8, 4) is 0 Å². The lowest BCUT2D eigenvalue weighted by Crippen LogP contribution is -2.41. The zero-order valence-corrected chi connectivity index (χ0v) is 15.4. The minimum Gasteiger partial charge on any atom is -0.481 e. The third-order valence-corrected chi connectivity index (χ3v) is 5.00. The molecule has 1 aromatic carbocycles. The molecule has 5 N–H and O–H groups in total. The van der Waals surface area contributed by atoms with Crippen molar-refractivity contribution in [3.05, 3.63) is 30.0 Å². The van der Waals surface area contributed by atoms with E-state index in [-0.39, 0.29) is 12.8 Å². The Kier molecular flexibility index (Phi) is 5.83. The number of anilines is 1. The number of likely N-dealkylation sites (tertiary alicyclic amines) is 1. The Morgan fingerprint density at radius 3 is 2.59 bits per heavy atom. The van der Waals surface area contributed by atoms with E-state index in [1.165, 1.54) is 11.1 Å². The highest BCUT2D eigenvalue weighted by Gasteiger charge is 2.40. The van der Waals surface area contributed by atoms with Gasteiger partial charge in [-0.2, -0.15) is 0 Å². The molecule has 2 aromatic rings. The van der Waals surface area contributed by atoms with Crippen LogP contribution in [0.5, 0.6) is 0 Å². The Hall–Kier alpha value is -3.40. The summed E-state index contributed by atoms with van der Waals surface area (Å²) in [7, 11) is 0. The van der Waals surface area contributed by atoms with Crippen molar-refractivity contribution >= 4 is 40.4 Å². The highest BCUT2D eigenvalue weighted by atomic mass is 16.4. The smallest absolute Gasteiger partial charge is 0.325 e. The van der Waals surface area contributed by atoms with Crippen LogP contribution in [0.1, 0.15) is 37.3 Å². The quantitative estimate of drug-likeness (QED) is 0.445. The number of carbonyl (C=O) groups excluding carboxylic acids is 1. The molecule has 10 nitrogen and oxygen atoms in total. The molecule has 1 aliphatic rings. The Balaban J connectivity index is 1.91. The van der Waals surface area contributed by atoms with Crippen LogP contribution >= 0.6 is 0 Å². The number of hydrogen-bond donors (Lipinski definition) is 5. The van der Waals surface area contributed by atoms with E-state index in [0.717, 1.165) is 0 Å². The summed E-state index contributed by atoms with van der Waals surface area (Å²) >= 11 is 0. The van der Waals surface area contributed by atoms with Gasteiger partial charge < -0.3 is 25.6 Å². The second-order valence-corrected chi connectivity index (χ2v) is 6.92. The fourth-order valence-electron chi connectivity index (χ4n) is 3.71. The Bertz CT molecular complexity index is 968. The molecular weight excluding hydrogens is 382 g/mol. The van der Waals surface area contributed by atoms with Crippen LogP contribution in [0.4, 0.5) is 5.69 Å². The van der Waals surface area contributed by atoms with Gasteiger partial charge in [-0.25, -0.2) is 0 Å². The van der Waals surface area contributed by atoms with E-state index in [2.05, 4.69) is 10.3 Å². The lowest BCUT2D eigenvalue weighted by molar-refractivity contribution is -0.149. The summed E-state index contributed by atoms with van der Waals surface area (Å²) in [5.74, 6) is -3.76. The number of aliphatic carboxylic acids is 3. The van der Waals surface area contributed by atoms with E-state index in [4.69, 9.17) is 5.11 Å². The molecule has 3 rings (SSSR count). The normalized spacial score (nSPS) is 17.9. The molecule has 0 saturated carbocycles. The van der Waals surface area contributed by atoms with Crippen molar-refractivity contribution in [2.45, 2.75) is 37.8 Å². The first-order chi connectivity index (χ1) is 13.8. The van der Waals surface area contributed by atoms with E-state index in [0.29, 0.717) is 41.5 Å². The molecule has 0 spiro atoms. The summed E-state index contributed by atoms with van der Waals surface area (Å²) in [5.41, 5.74) is 1.44. The zero-order chi connectivity index (χ0) is 21.1. The molecule has 0 radical (unpaired) electrons. The number of benzene rings is 1. The number of H-pyrrole nitrogens is 1. The average Bonchev–Trinajstić information content (AvgIpc) is 3.28. The third-order valence-electron chi connectivity index (χ3n) is 5.00. The topological polar surface area (TPSA) is 160 Å². The summed E-state index contributed by atoms with van der Waals surface area (Å²) in [6.07, 6.45) is 2.03. The monoisotopic (exact) mass is 403 g/mol. The largest absolute Gasteiger partial charge is 0.481 e. The number of aromatic nitrogens is 1. The van der Waals surface area contributed by atoms with E-state index >= 15 is 0 Å². The molecule has 2 heterocycles. The molecule has 10 heteroatoms. The second-order valence-electron chi connectivity index (χ2n) is 6.92. The number of nitrogens with zero attached hydrogens (tertiary/aromatic N) is 1. The van der Waals surface area contributed by atoms with Crippen LogP contribution in [-0.2, 0) is 19.2 Å². The van der Waals surface area contributed by atoms with E-state index in [1.807, 2.05) is 0 Å². The number of nitrogens with one attached hydrogen (secondary N) is 2. The maximum atomic E-state index is 12.0. The van der Waals surface area contributed by atoms with E-state index in [9.17, 15) is 29.4 Å². The predicted octanol–water partition coefficient (Wildman–Crippen LogP) is 1.65. The lowest BCUT2D eigenvalue weighted by atomic mass is 10.0. The molecule has 1 saturated heterocycles. The van der Waals surface area contributed by atoms with Crippen molar-refractivity contribution in [1.29, 1.82) is 0 Å². The molecule has 154 valence electrons. The van der Waals surface area contributed by atoms with Gasteiger partial charge >= 0.3 is 17.9 Å². The molecular formula is C19H21N3O7. The minimum atomic E-state index is -1.16. The number of hydrogen-bond acceptors (Lipinski definition) is 5. The molecule has 0 bridgehead atoms. The molecule has 0 aliphatic carbocycles. The van der Waals surface area contributed by atoms with Crippen LogP contribution in [0.2, 0.25) is 0 Å². The van der Waals surface area contributed by atoms with Gasteiger partial charge in [-0.15, -0.1) is 0 Å². The summed E-state index contributed by atoms with van der Waals surface area (Å²) in [4.78, 5) is 50.5. The van der Waals surface area contributed by atoms with Crippen LogP contribution in [0.15, 0.2) is 24.4 Å². The summed E-state index contributed by atoms with van der Waals surface area (Å²) in [6, 6.07) is 2.86. The molecule has 1 unspecified atom stereocenters. The standard InChI is InChI=1S/C19H21N3O7/c23-15(5-6-16(24)25)21-10-3-4-13-11(8-10)12(9-20-13)17(19(28)29)22-7-1-2-14(22)18(26)27/h3-4,8-9,14,17,20H,1-2,5-7H2,(H,21,23)(H,24,25)(H,26,27)(H,28,29)/t14-,17?/m1/s1. The van der Waals surface area contributed by atoms with E-state index in [1.54, 1.807) is 18.2 Å². The van der Waals surface area contributed by atoms with Crippen LogP contribution < -0.4 is 5.32 Å². The number of aromatic amines is 1. The molecule has 1 fully saturated rings. The Labute approximate surface area is 165 Å². The van der Waals surface area contributed by atoms with Gasteiger partial charge in [-0.05, 0) is 31.0 Å². The minimum absolute atomic E-state index is 0.181. The van der Waals surface area contributed by atoms with Crippen LogP contribution in [0.3, 0.4) is 0 Å². The number of carbonyl (C=O) groups is 4. The van der Waals surface area contributed by atoms with Gasteiger partial charge in [0, 0.05) is 41.3 Å². The van der Waals surface area contributed by atoms with Gasteiger partial charge in [-0.1, -0.05) is 0 Å². The average molecular weight is 403 g/mol. The predicted molar refractivity (Wildman–Crippen MR) is 102 cm³/mol. The zero-order valence-electron chi connectivity index (χ0n) is 15.4.